The molecule has 0 N–H and O–H groups in total. The molecule has 0 aliphatic carbocycles. The maximum atomic E-state index is 12.8. The molecule has 0 atom stereocenters. The number of carbonyl (C=O) groups is 5. The van der Waals surface area contributed by atoms with Crippen LogP contribution >= 0.6 is 11.8 Å². The maximum absolute atomic E-state index is 12.8. The van der Waals surface area contributed by atoms with Crippen molar-refractivity contribution in [2.75, 3.05) is 7.11 Å². The minimum atomic E-state index is -0.682. The first-order chi connectivity index (χ1) is 17.6. The van der Waals surface area contributed by atoms with Crippen molar-refractivity contribution in [3.63, 3.8) is 0 Å². The first kappa shape index (κ1) is 29.4. The molecule has 0 amide bonds. The number of esters is 1. The predicted molar refractivity (Wildman–Crippen MR) is 140 cm³/mol. The van der Waals surface area contributed by atoms with E-state index in [9.17, 15) is 24.0 Å². The topological polar surface area (TPSA) is 116 Å². The summed E-state index contributed by atoms with van der Waals surface area (Å²) in [6.45, 7) is 6.77. The van der Waals surface area contributed by atoms with Gasteiger partial charge in [-0.1, -0.05) is 30.4 Å². The van der Waals surface area contributed by atoms with Gasteiger partial charge in [-0.2, -0.15) is 0 Å². The number of hydrogen-bond donors (Lipinski definition) is 0. The Balaban J connectivity index is 2.05. The number of ether oxygens (including phenoxy) is 1. The number of methoxy groups -OCH3 is 1. The van der Waals surface area contributed by atoms with Crippen LogP contribution in [-0.2, 0) is 24.0 Å². The molecule has 2 aromatic carbocycles. The first-order valence-corrected chi connectivity index (χ1v) is 12.4. The molecule has 0 saturated heterocycles. The van der Waals surface area contributed by atoms with E-state index >= 15 is 0 Å². The van der Waals surface area contributed by atoms with Gasteiger partial charge in [0, 0.05) is 47.1 Å². The zero-order valence-corrected chi connectivity index (χ0v) is 21.9. The van der Waals surface area contributed by atoms with Gasteiger partial charge < -0.3 is 9.57 Å². The summed E-state index contributed by atoms with van der Waals surface area (Å²) < 4.78 is 4.59. The van der Waals surface area contributed by atoms with Crippen LogP contribution in [0.3, 0.4) is 0 Å². The van der Waals surface area contributed by atoms with Crippen LogP contribution in [0, 0.1) is 0 Å². The van der Waals surface area contributed by atoms with E-state index in [2.05, 4.69) is 21.3 Å². The number of oxime groups is 1. The summed E-state index contributed by atoms with van der Waals surface area (Å²) >= 11 is 1.44. The van der Waals surface area contributed by atoms with Crippen LogP contribution < -0.4 is 0 Å². The number of rotatable bonds is 14. The third kappa shape index (κ3) is 9.61. The van der Waals surface area contributed by atoms with E-state index in [0.29, 0.717) is 36.0 Å². The predicted octanol–water partition coefficient (Wildman–Crippen LogP) is 5.39. The highest BCUT2D eigenvalue weighted by atomic mass is 32.2. The highest BCUT2D eigenvalue weighted by Gasteiger charge is 2.18. The van der Waals surface area contributed by atoms with Gasteiger partial charge in [0.1, 0.15) is 11.5 Å². The third-order valence-electron chi connectivity index (χ3n) is 5.23. The lowest BCUT2D eigenvalue weighted by Crippen LogP contribution is -2.17. The van der Waals surface area contributed by atoms with E-state index in [1.54, 1.807) is 43.3 Å². The molecule has 37 heavy (non-hydrogen) atoms. The van der Waals surface area contributed by atoms with Gasteiger partial charge in [0.05, 0.1) is 13.5 Å². The Morgan fingerprint density at radius 3 is 1.84 bits per heavy atom. The van der Waals surface area contributed by atoms with E-state index in [1.165, 1.54) is 18.9 Å². The first-order valence-electron chi connectivity index (χ1n) is 11.6. The van der Waals surface area contributed by atoms with Crippen molar-refractivity contribution < 1.29 is 33.5 Å². The Labute approximate surface area is 220 Å². The molecule has 0 bridgehead atoms. The summed E-state index contributed by atoms with van der Waals surface area (Å²) in [5.74, 6) is -1.74. The molecule has 8 nitrogen and oxygen atoms in total. The Kier molecular flexibility index (Phi) is 11.6. The van der Waals surface area contributed by atoms with Gasteiger partial charge in [0.2, 0.25) is 5.78 Å². The molecule has 2 rings (SSSR count). The van der Waals surface area contributed by atoms with Gasteiger partial charge in [0.15, 0.2) is 5.78 Å². The summed E-state index contributed by atoms with van der Waals surface area (Å²) in [5, 5.41) is 3.61. The maximum Gasteiger partial charge on any atom is 0.331 e. The zero-order chi connectivity index (χ0) is 27.4. The van der Waals surface area contributed by atoms with Crippen molar-refractivity contribution in [3.8, 4) is 0 Å². The molecule has 2 aromatic rings. The summed E-state index contributed by atoms with van der Waals surface area (Å²) in [4.78, 5) is 65.8. The van der Waals surface area contributed by atoms with E-state index in [0.717, 1.165) is 16.7 Å². The molecule has 0 aliphatic heterocycles. The summed E-state index contributed by atoms with van der Waals surface area (Å²) in [6.07, 6.45) is 0.987. The second-order valence-corrected chi connectivity index (χ2v) is 9.15. The number of carbonyl (C=O) groups excluding carboxylic acids is 5. The summed E-state index contributed by atoms with van der Waals surface area (Å²) in [7, 11) is 1.24. The van der Waals surface area contributed by atoms with Crippen LogP contribution in [0.1, 0.15) is 66.7 Å². The van der Waals surface area contributed by atoms with Gasteiger partial charge in [0.25, 0.3) is 0 Å². The van der Waals surface area contributed by atoms with E-state index in [1.807, 2.05) is 12.1 Å². The molecule has 0 aromatic heterocycles. The fraction of sp³-hybridized carbons (Fsp3) is 0.286. The molecule has 0 unspecified atom stereocenters. The summed E-state index contributed by atoms with van der Waals surface area (Å²) in [6, 6.07) is 13.8. The minimum absolute atomic E-state index is 0.0400. The third-order valence-corrected chi connectivity index (χ3v) is 6.25. The highest BCUT2D eigenvalue weighted by Crippen LogP contribution is 2.28. The zero-order valence-electron chi connectivity index (χ0n) is 21.1. The Bertz CT molecular complexity index is 1200. The smallest absolute Gasteiger partial charge is 0.331 e. The van der Waals surface area contributed by atoms with Crippen molar-refractivity contribution in [2.24, 2.45) is 5.16 Å². The molecule has 0 spiro atoms. The Hall–Kier alpha value is -3.85. The summed E-state index contributed by atoms with van der Waals surface area (Å²) in [5.41, 5.74) is 1.17. The molecule has 9 heteroatoms. The van der Waals surface area contributed by atoms with Gasteiger partial charge in [-0.05, 0) is 60.5 Å². The second-order valence-electron chi connectivity index (χ2n) is 8.00. The Morgan fingerprint density at radius 2 is 1.35 bits per heavy atom. The van der Waals surface area contributed by atoms with Crippen LogP contribution in [0.2, 0.25) is 0 Å². The van der Waals surface area contributed by atoms with Gasteiger partial charge in [-0.25, -0.2) is 4.79 Å². The lowest BCUT2D eigenvalue weighted by molar-refractivity contribution is -0.141. The molecular weight excluding hydrogens is 494 g/mol. The monoisotopic (exact) mass is 523 g/mol. The molecule has 0 radical (unpaired) electrons. The van der Waals surface area contributed by atoms with Gasteiger partial charge in [-0.3, -0.25) is 19.2 Å². The quantitative estimate of drug-likeness (QED) is 0.0808. The van der Waals surface area contributed by atoms with Crippen LogP contribution in [0.15, 0.2) is 75.6 Å². The van der Waals surface area contributed by atoms with E-state index in [-0.39, 0.29) is 30.1 Å². The van der Waals surface area contributed by atoms with Crippen molar-refractivity contribution >= 4 is 46.8 Å². The average Bonchev–Trinajstić information content (AvgIpc) is 2.91. The molecule has 0 aliphatic rings. The average molecular weight is 524 g/mol. The number of Topliss-reactive ketones (excluding diaryl/α,β-unsaturated/α-hetero) is 3. The van der Waals surface area contributed by atoms with Gasteiger partial charge >= 0.3 is 11.9 Å². The largest absolute Gasteiger partial charge is 0.469 e. The second kappa shape index (κ2) is 14.6. The molecule has 194 valence electrons. The Morgan fingerprint density at radius 1 is 0.811 bits per heavy atom. The SMILES string of the molecule is C=C(CCC(=O)CC)C(=O)c1ccc(Sc2ccc(C(=O)/C(CCC(=O)OC)=N/OC(C)=O)cc2)cc1. The number of nitrogens with zero attached hydrogens (tertiary/aromatic N) is 1. The highest BCUT2D eigenvalue weighted by molar-refractivity contribution is 7.99. The van der Waals surface area contributed by atoms with Crippen LogP contribution in [0.5, 0.6) is 0 Å². The lowest BCUT2D eigenvalue weighted by atomic mass is 9.99. The molecule has 0 fully saturated rings. The normalized spacial score (nSPS) is 10.9. The van der Waals surface area contributed by atoms with Crippen LogP contribution in [-0.4, -0.2) is 42.1 Å². The minimum Gasteiger partial charge on any atom is -0.469 e. The standard InChI is InChI=1S/C28H29NO7S/c1-5-22(31)11-6-18(2)27(33)20-7-12-23(13-8-20)37-24-14-9-21(10-15-24)28(34)25(29-36-19(3)30)16-17-26(32)35-4/h7-10,12-15H,2,5-6,11,16-17H2,1,3-4H3/b29-25+. The van der Waals surface area contributed by atoms with Crippen LogP contribution in [0.25, 0.3) is 0 Å². The molecule has 0 heterocycles. The van der Waals surface area contributed by atoms with Crippen molar-refractivity contribution in [3.05, 3.63) is 71.8 Å². The fourth-order valence-corrected chi connectivity index (χ4v) is 3.90. The van der Waals surface area contributed by atoms with Gasteiger partial charge in [-0.15, -0.1) is 0 Å². The van der Waals surface area contributed by atoms with Crippen molar-refractivity contribution in [2.45, 2.75) is 55.7 Å². The molecular formula is C28H29NO7S. The number of benzene rings is 2. The fourth-order valence-electron chi connectivity index (χ4n) is 3.08. The van der Waals surface area contributed by atoms with E-state index < -0.39 is 17.7 Å². The van der Waals surface area contributed by atoms with Crippen LogP contribution in [0.4, 0.5) is 0 Å². The van der Waals surface area contributed by atoms with Crippen molar-refractivity contribution in [1.82, 2.24) is 0 Å². The lowest BCUT2D eigenvalue weighted by Gasteiger charge is -2.07. The van der Waals surface area contributed by atoms with Crippen molar-refractivity contribution in [1.29, 1.82) is 0 Å². The van der Waals surface area contributed by atoms with E-state index in [4.69, 9.17) is 0 Å². The number of hydrogen-bond acceptors (Lipinski definition) is 9. The molecule has 0 saturated carbocycles. The number of allylic oxidation sites excluding steroid dienone is 1. The number of ketones is 3.